The van der Waals surface area contributed by atoms with Crippen LogP contribution < -0.4 is 20.1 Å². The Morgan fingerprint density at radius 1 is 0.933 bits per heavy atom. The Morgan fingerprint density at radius 3 is 2.27 bits per heavy atom. The highest BCUT2D eigenvalue weighted by molar-refractivity contribution is 6.30. The molecule has 0 aliphatic heterocycles. The van der Waals surface area contributed by atoms with E-state index in [9.17, 15) is 14.4 Å². The lowest BCUT2D eigenvalue weighted by molar-refractivity contribution is -0.121. The number of Topliss-reactive ketones (excluding diaryl/α,β-unsaturated/α-hetero) is 1. The van der Waals surface area contributed by atoms with Gasteiger partial charge in [-0.2, -0.15) is 0 Å². The molecule has 2 rings (SSSR count). The van der Waals surface area contributed by atoms with Crippen molar-refractivity contribution in [3.8, 4) is 11.5 Å². The molecule has 0 atom stereocenters. The molecule has 0 radical (unpaired) electrons. The maximum absolute atomic E-state index is 11.9. The lowest BCUT2D eigenvalue weighted by atomic mass is 10.1. The molecule has 0 saturated carbocycles. The van der Waals surface area contributed by atoms with Crippen LogP contribution >= 0.6 is 11.6 Å². The molecule has 2 aromatic carbocycles. The number of ketones is 1. The van der Waals surface area contributed by atoms with Gasteiger partial charge in [0.05, 0.1) is 13.7 Å². The van der Waals surface area contributed by atoms with Crippen LogP contribution in [0.4, 0.5) is 0 Å². The summed E-state index contributed by atoms with van der Waals surface area (Å²) >= 11 is 5.79. The minimum atomic E-state index is -0.223. The Morgan fingerprint density at radius 2 is 1.60 bits per heavy atom. The predicted molar refractivity (Wildman–Crippen MR) is 115 cm³/mol. The summed E-state index contributed by atoms with van der Waals surface area (Å²) in [4.78, 5) is 35.3. The van der Waals surface area contributed by atoms with Crippen molar-refractivity contribution in [1.82, 2.24) is 10.6 Å². The van der Waals surface area contributed by atoms with E-state index >= 15 is 0 Å². The maximum Gasteiger partial charge on any atom is 0.251 e. The second kappa shape index (κ2) is 11.8. The van der Waals surface area contributed by atoms with Crippen molar-refractivity contribution in [2.24, 2.45) is 0 Å². The second-order valence-corrected chi connectivity index (χ2v) is 6.92. The first-order valence-corrected chi connectivity index (χ1v) is 9.90. The average molecular weight is 433 g/mol. The fourth-order valence-corrected chi connectivity index (χ4v) is 2.72. The summed E-state index contributed by atoms with van der Waals surface area (Å²) in [5.74, 6) is 0.592. The van der Waals surface area contributed by atoms with E-state index in [1.807, 2.05) is 0 Å². The zero-order valence-corrected chi connectivity index (χ0v) is 17.8. The van der Waals surface area contributed by atoms with E-state index in [0.29, 0.717) is 60.2 Å². The van der Waals surface area contributed by atoms with E-state index in [2.05, 4.69) is 10.6 Å². The average Bonchev–Trinajstić information content (AvgIpc) is 2.74. The molecule has 0 unspecified atom stereocenters. The van der Waals surface area contributed by atoms with E-state index in [0.717, 1.165) is 0 Å². The zero-order chi connectivity index (χ0) is 21.9. The molecule has 7 nitrogen and oxygen atoms in total. The predicted octanol–water partition coefficient (Wildman–Crippen LogP) is 3.26. The lowest BCUT2D eigenvalue weighted by Gasteiger charge is -2.11. The Balaban J connectivity index is 1.63. The van der Waals surface area contributed by atoms with E-state index < -0.39 is 0 Å². The van der Waals surface area contributed by atoms with Crippen LogP contribution in [0.3, 0.4) is 0 Å². The summed E-state index contributed by atoms with van der Waals surface area (Å²) < 4.78 is 10.9. The first-order chi connectivity index (χ1) is 14.4. The largest absolute Gasteiger partial charge is 0.493 e. The van der Waals surface area contributed by atoms with Crippen LogP contribution in [-0.2, 0) is 4.79 Å². The topological polar surface area (TPSA) is 93.7 Å². The smallest absolute Gasteiger partial charge is 0.251 e. The van der Waals surface area contributed by atoms with Gasteiger partial charge in [0, 0.05) is 35.7 Å². The van der Waals surface area contributed by atoms with Crippen molar-refractivity contribution < 1.29 is 23.9 Å². The van der Waals surface area contributed by atoms with Crippen molar-refractivity contribution >= 4 is 29.2 Å². The number of hydrogen-bond acceptors (Lipinski definition) is 5. The number of methoxy groups -OCH3 is 1. The minimum absolute atomic E-state index is 0.0547. The Bertz CT molecular complexity index is 884. The van der Waals surface area contributed by atoms with Gasteiger partial charge in [-0.1, -0.05) is 11.6 Å². The zero-order valence-electron chi connectivity index (χ0n) is 17.0. The highest BCUT2D eigenvalue weighted by Crippen LogP contribution is 2.28. The standard InChI is InChI=1S/C22H25ClN2O5/c1-15(26)17-7-10-19(20(14-17)29-2)30-13-3-4-21(27)24-11-12-25-22(28)16-5-8-18(23)9-6-16/h5-10,14H,3-4,11-13H2,1-2H3,(H,24,27)(H,25,28). The molecule has 2 amide bonds. The van der Waals surface area contributed by atoms with Gasteiger partial charge in [0.25, 0.3) is 5.91 Å². The molecule has 0 saturated heterocycles. The van der Waals surface area contributed by atoms with Gasteiger partial charge in [0.2, 0.25) is 5.91 Å². The molecule has 0 aliphatic carbocycles. The quantitative estimate of drug-likeness (QED) is 0.420. The summed E-state index contributed by atoms with van der Waals surface area (Å²) in [6, 6.07) is 11.5. The van der Waals surface area contributed by atoms with Crippen LogP contribution in [0.25, 0.3) is 0 Å². The number of hydrogen-bond donors (Lipinski definition) is 2. The Hall–Kier alpha value is -3.06. The summed E-state index contributed by atoms with van der Waals surface area (Å²) in [5, 5.41) is 6.04. The number of amides is 2. The molecule has 0 aromatic heterocycles. The van der Waals surface area contributed by atoms with Crippen molar-refractivity contribution in [2.75, 3.05) is 26.8 Å². The number of rotatable bonds is 11. The normalized spacial score (nSPS) is 10.2. The molecule has 2 aromatic rings. The molecule has 0 fully saturated rings. The van der Waals surface area contributed by atoms with E-state index in [-0.39, 0.29) is 17.6 Å². The van der Waals surface area contributed by atoms with Gasteiger partial charge in [-0.05, 0) is 55.8 Å². The fraction of sp³-hybridized carbons (Fsp3) is 0.318. The second-order valence-electron chi connectivity index (χ2n) is 6.49. The SMILES string of the molecule is COc1cc(C(C)=O)ccc1OCCCC(=O)NCCNC(=O)c1ccc(Cl)cc1. The number of ether oxygens (including phenoxy) is 2. The van der Waals surface area contributed by atoms with Crippen molar-refractivity contribution in [2.45, 2.75) is 19.8 Å². The van der Waals surface area contributed by atoms with Gasteiger partial charge in [-0.25, -0.2) is 0 Å². The molecule has 2 N–H and O–H groups in total. The molecular formula is C22H25ClN2O5. The van der Waals surface area contributed by atoms with E-state index in [1.54, 1.807) is 42.5 Å². The van der Waals surface area contributed by atoms with Crippen LogP contribution in [0, 0.1) is 0 Å². The summed E-state index contributed by atoms with van der Waals surface area (Å²) in [6.07, 6.45) is 0.805. The first kappa shape index (κ1) is 23.2. The number of carbonyl (C=O) groups is 3. The minimum Gasteiger partial charge on any atom is -0.493 e. The van der Waals surface area contributed by atoms with Gasteiger partial charge in [0.1, 0.15) is 0 Å². The Kier molecular flexibility index (Phi) is 9.15. The molecule has 0 heterocycles. The van der Waals surface area contributed by atoms with E-state index in [4.69, 9.17) is 21.1 Å². The molecule has 0 bridgehead atoms. The third-order valence-corrected chi connectivity index (χ3v) is 4.47. The molecular weight excluding hydrogens is 408 g/mol. The molecule has 8 heteroatoms. The van der Waals surface area contributed by atoms with Crippen LogP contribution in [-0.4, -0.2) is 44.4 Å². The summed E-state index contributed by atoms with van der Waals surface area (Å²) in [7, 11) is 1.51. The van der Waals surface area contributed by atoms with Crippen LogP contribution in [0.15, 0.2) is 42.5 Å². The lowest BCUT2D eigenvalue weighted by Crippen LogP contribution is -2.34. The van der Waals surface area contributed by atoms with Crippen molar-refractivity contribution in [3.63, 3.8) is 0 Å². The van der Waals surface area contributed by atoms with Gasteiger partial charge in [-0.15, -0.1) is 0 Å². The van der Waals surface area contributed by atoms with Crippen LogP contribution in [0.2, 0.25) is 5.02 Å². The third kappa shape index (κ3) is 7.40. The van der Waals surface area contributed by atoms with Crippen molar-refractivity contribution in [1.29, 1.82) is 0 Å². The fourth-order valence-electron chi connectivity index (χ4n) is 2.59. The van der Waals surface area contributed by atoms with Crippen molar-refractivity contribution in [3.05, 3.63) is 58.6 Å². The van der Waals surface area contributed by atoms with Gasteiger partial charge in [0.15, 0.2) is 17.3 Å². The molecule has 0 spiro atoms. The van der Waals surface area contributed by atoms with Crippen LogP contribution in [0.5, 0.6) is 11.5 Å². The Labute approximate surface area is 180 Å². The summed E-state index contributed by atoms with van der Waals surface area (Å²) in [5.41, 5.74) is 1.05. The van der Waals surface area contributed by atoms with Gasteiger partial charge >= 0.3 is 0 Å². The highest BCUT2D eigenvalue weighted by atomic mass is 35.5. The summed E-state index contributed by atoms with van der Waals surface area (Å²) in [6.45, 7) is 2.47. The maximum atomic E-state index is 11.9. The highest BCUT2D eigenvalue weighted by Gasteiger charge is 2.09. The first-order valence-electron chi connectivity index (χ1n) is 9.53. The number of halogens is 1. The van der Waals surface area contributed by atoms with Gasteiger partial charge in [-0.3, -0.25) is 14.4 Å². The molecule has 160 valence electrons. The number of benzene rings is 2. The number of nitrogens with one attached hydrogen (secondary N) is 2. The van der Waals surface area contributed by atoms with Crippen LogP contribution in [0.1, 0.15) is 40.5 Å². The molecule has 30 heavy (non-hydrogen) atoms. The third-order valence-electron chi connectivity index (χ3n) is 4.22. The monoisotopic (exact) mass is 432 g/mol. The number of carbonyl (C=O) groups excluding carboxylic acids is 3. The van der Waals surface area contributed by atoms with E-state index in [1.165, 1.54) is 14.0 Å². The molecule has 0 aliphatic rings. The van der Waals surface area contributed by atoms with Gasteiger partial charge < -0.3 is 20.1 Å².